The molecule has 0 unspecified atom stereocenters. The van der Waals surface area contributed by atoms with Crippen LogP contribution in [0.15, 0.2) is 72.8 Å². The Labute approximate surface area is 152 Å². The van der Waals surface area contributed by atoms with Crippen molar-refractivity contribution in [3.63, 3.8) is 0 Å². The highest BCUT2D eigenvalue weighted by Crippen LogP contribution is 2.50. The lowest BCUT2D eigenvalue weighted by Gasteiger charge is -2.38. The lowest BCUT2D eigenvalue weighted by molar-refractivity contribution is -0.255. The maximum absolute atomic E-state index is 11.3. The molecule has 3 aromatic rings. The second-order valence-electron chi connectivity index (χ2n) is 7.13. The van der Waals surface area contributed by atoms with Gasteiger partial charge in [-0.15, -0.1) is 0 Å². The predicted molar refractivity (Wildman–Crippen MR) is 101 cm³/mol. The van der Waals surface area contributed by atoms with Gasteiger partial charge < -0.3 is 15.2 Å². The molecule has 0 saturated heterocycles. The molecular formula is C23H18NO2-. The van der Waals surface area contributed by atoms with E-state index in [1.165, 1.54) is 16.3 Å². The van der Waals surface area contributed by atoms with Crippen molar-refractivity contribution >= 4 is 22.4 Å². The van der Waals surface area contributed by atoms with Crippen LogP contribution in [0.1, 0.15) is 39.9 Å². The number of nitrogens with one attached hydrogen (secondary N) is 1. The average molecular weight is 340 g/mol. The second kappa shape index (κ2) is 5.73. The summed E-state index contributed by atoms with van der Waals surface area (Å²) in [6, 6.07) is 20.4. The molecule has 3 heteroatoms. The third-order valence-electron chi connectivity index (χ3n) is 5.76. The largest absolute Gasteiger partial charge is 0.545 e. The summed E-state index contributed by atoms with van der Waals surface area (Å²) >= 11 is 0. The van der Waals surface area contributed by atoms with Crippen molar-refractivity contribution < 1.29 is 9.90 Å². The molecule has 3 atom stereocenters. The van der Waals surface area contributed by atoms with Gasteiger partial charge in [-0.3, -0.25) is 0 Å². The van der Waals surface area contributed by atoms with E-state index >= 15 is 0 Å². The van der Waals surface area contributed by atoms with Gasteiger partial charge >= 0.3 is 0 Å². The number of hydrogen-bond acceptors (Lipinski definition) is 3. The number of hydrogen-bond donors (Lipinski definition) is 1. The number of carboxylic acids is 1. The summed E-state index contributed by atoms with van der Waals surface area (Å²) < 4.78 is 0. The molecule has 0 aromatic heterocycles. The third-order valence-corrected chi connectivity index (χ3v) is 5.76. The normalized spacial score (nSPS) is 23.3. The fraction of sp³-hybridized carbons (Fsp3) is 0.174. The molecule has 0 radical (unpaired) electrons. The summed E-state index contributed by atoms with van der Waals surface area (Å²) in [4.78, 5) is 11.3. The first-order chi connectivity index (χ1) is 12.7. The van der Waals surface area contributed by atoms with Gasteiger partial charge in [-0.05, 0) is 51.9 Å². The molecule has 3 aromatic carbocycles. The Morgan fingerprint density at radius 3 is 2.73 bits per heavy atom. The number of anilines is 1. The summed E-state index contributed by atoms with van der Waals surface area (Å²) in [5.41, 5.74) is 3.62. The third kappa shape index (κ3) is 2.24. The Morgan fingerprint density at radius 1 is 1.00 bits per heavy atom. The Hall–Kier alpha value is -3.07. The average Bonchev–Trinajstić information content (AvgIpc) is 3.16. The zero-order chi connectivity index (χ0) is 17.7. The Balaban J connectivity index is 1.65. The van der Waals surface area contributed by atoms with E-state index in [1.807, 2.05) is 6.07 Å². The maximum atomic E-state index is 11.3. The highest BCUT2D eigenvalue weighted by atomic mass is 16.4. The number of aromatic carboxylic acids is 1. The van der Waals surface area contributed by atoms with Crippen LogP contribution in [0.4, 0.5) is 5.69 Å². The van der Waals surface area contributed by atoms with E-state index in [0.29, 0.717) is 5.92 Å². The molecule has 2 aliphatic rings. The number of carbonyl (C=O) groups is 1. The number of rotatable bonds is 2. The van der Waals surface area contributed by atoms with Crippen molar-refractivity contribution in [1.29, 1.82) is 0 Å². The van der Waals surface area contributed by atoms with E-state index < -0.39 is 5.97 Å². The van der Waals surface area contributed by atoms with Crippen LogP contribution in [0.25, 0.3) is 10.8 Å². The molecule has 3 nitrogen and oxygen atoms in total. The molecule has 5 rings (SSSR count). The van der Waals surface area contributed by atoms with Crippen molar-refractivity contribution in [3.8, 4) is 0 Å². The highest BCUT2D eigenvalue weighted by Gasteiger charge is 2.38. The molecule has 1 heterocycles. The summed E-state index contributed by atoms with van der Waals surface area (Å²) in [5.74, 6) is -0.512. The van der Waals surface area contributed by atoms with Gasteiger partial charge in [0.2, 0.25) is 0 Å². The quantitative estimate of drug-likeness (QED) is 0.717. The molecule has 128 valence electrons. The molecule has 0 amide bonds. The van der Waals surface area contributed by atoms with Crippen LogP contribution in [0, 0.1) is 5.92 Å². The van der Waals surface area contributed by atoms with Gasteiger partial charge in [-0.2, -0.15) is 0 Å². The number of allylic oxidation sites excluding steroid dienone is 2. The van der Waals surface area contributed by atoms with Gasteiger partial charge in [0.1, 0.15) is 0 Å². The van der Waals surface area contributed by atoms with Crippen LogP contribution in [0.5, 0.6) is 0 Å². The first kappa shape index (κ1) is 15.2. The van der Waals surface area contributed by atoms with E-state index in [4.69, 9.17) is 0 Å². The molecule has 1 N–H and O–H groups in total. The Bertz CT molecular complexity index is 1050. The van der Waals surface area contributed by atoms with Gasteiger partial charge in [0.15, 0.2) is 0 Å². The number of fused-ring (bicyclic) bond motifs is 4. The molecule has 0 spiro atoms. The first-order valence-corrected chi connectivity index (χ1v) is 8.98. The Kier molecular flexibility index (Phi) is 3.35. The van der Waals surface area contributed by atoms with Gasteiger partial charge in [0.25, 0.3) is 0 Å². The van der Waals surface area contributed by atoms with Crippen molar-refractivity contribution in [3.05, 3.63) is 89.5 Å². The van der Waals surface area contributed by atoms with Gasteiger partial charge in [0, 0.05) is 11.6 Å². The summed E-state index contributed by atoms with van der Waals surface area (Å²) in [6.07, 6.45) is 5.43. The number of benzene rings is 3. The van der Waals surface area contributed by atoms with E-state index in [-0.39, 0.29) is 17.5 Å². The van der Waals surface area contributed by atoms with Crippen molar-refractivity contribution in [2.24, 2.45) is 5.92 Å². The molecule has 1 aliphatic heterocycles. The minimum absolute atomic E-state index is 0.197. The van der Waals surface area contributed by atoms with Crippen LogP contribution in [0.3, 0.4) is 0 Å². The molecule has 0 bridgehead atoms. The molecule has 26 heavy (non-hydrogen) atoms. The lowest BCUT2D eigenvalue weighted by atomic mass is 9.76. The highest BCUT2D eigenvalue weighted by molar-refractivity contribution is 5.88. The van der Waals surface area contributed by atoms with E-state index in [2.05, 4.69) is 59.9 Å². The van der Waals surface area contributed by atoms with Crippen LogP contribution in [0.2, 0.25) is 0 Å². The smallest absolute Gasteiger partial charge is 0.0715 e. The first-order valence-electron chi connectivity index (χ1n) is 8.98. The van der Waals surface area contributed by atoms with Gasteiger partial charge in [-0.1, -0.05) is 60.7 Å². The van der Waals surface area contributed by atoms with Crippen LogP contribution in [-0.4, -0.2) is 5.97 Å². The summed E-state index contributed by atoms with van der Waals surface area (Å²) in [7, 11) is 0. The predicted octanol–water partition coefficient (Wildman–Crippen LogP) is 4.03. The van der Waals surface area contributed by atoms with E-state index in [1.54, 1.807) is 12.1 Å². The number of carboxylic acid groups (broad SMARTS) is 1. The van der Waals surface area contributed by atoms with Crippen LogP contribution >= 0.6 is 0 Å². The van der Waals surface area contributed by atoms with Crippen molar-refractivity contribution in [2.45, 2.75) is 18.4 Å². The van der Waals surface area contributed by atoms with Gasteiger partial charge in [0.05, 0.1) is 12.0 Å². The van der Waals surface area contributed by atoms with Crippen LogP contribution < -0.4 is 10.4 Å². The Morgan fingerprint density at radius 2 is 1.85 bits per heavy atom. The monoisotopic (exact) mass is 340 g/mol. The fourth-order valence-electron chi connectivity index (χ4n) is 4.55. The van der Waals surface area contributed by atoms with Crippen LogP contribution in [-0.2, 0) is 0 Å². The van der Waals surface area contributed by atoms with E-state index in [9.17, 15) is 9.90 Å². The topological polar surface area (TPSA) is 52.2 Å². The SMILES string of the molecule is O=C([O-])c1ccc2c(c1)[C@H]1C=CC[C@@H]1[C@@H](c1cccc3ccccc13)N2. The maximum Gasteiger partial charge on any atom is 0.0715 e. The van der Waals surface area contributed by atoms with Gasteiger partial charge in [-0.25, -0.2) is 0 Å². The summed E-state index contributed by atoms with van der Waals surface area (Å²) in [5, 5.41) is 17.5. The zero-order valence-corrected chi connectivity index (χ0v) is 14.2. The van der Waals surface area contributed by atoms with E-state index in [0.717, 1.165) is 17.7 Å². The fourth-order valence-corrected chi connectivity index (χ4v) is 4.55. The van der Waals surface area contributed by atoms with Crippen molar-refractivity contribution in [1.82, 2.24) is 0 Å². The zero-order valence-electron chi connectivity index (χ0n) is 14.2. The number of carbonyl (C=O) groups excluding carboxylic acids is 1. The summed E-state index contributed by atoms with van der Waals surface area (Å²) in [6.45, 7) is 0. The standard InChI is InChI=1S/C23H19NO2/c25-23(26)15-11-12-21-20(13-15)17-8-4-10-19(17)22(24-21)18-9-3-6-14-5-1-2-7-16(14)18/h1-9,11-13,17,19,22,24H,10H2,(H,25,26)/p-1/t17-,19-,22+/m0/s1. The molecule has 1 aliphatic carbocycles. The minimum atomic E-state index is -1.12. The lowest BCUT2D eigenvalue weighted by Crippen LogP contribution is -2.30. The van der Waals surface area contributed by atoms with Crippen molar-refractivity contribution in [2.75, 3.05) is 5.32 Å². The minimum Gasteiger partial charge on any atom is -0.545 e. The molecular weight excluding hydrogens is 322 g/mol. The molecule has 0 saturated carbocycles. The molecule has 0 fully saturated rings. The second-order valence-corrected chi connectivity index (χ2v) is 7.13.